The Morgan fingerprint density at radius 2 is 1.44 bits per heavy atom. The fourth-order valence-corrected chi connectivity index (χ4v) is 6.26. The van der Waals surface area contributed by atoms with Crippen molar-refractivity contribution in [3.8, 4) is 0 Å². The van der Waals surface area contributed by atoms with Crippen molar-refractivity contribution in [3.63, 3.8) is 0 Å². The van der Waals surface area contributed by atoms with Crippen molar-refractivity contribution in [1.82, 2.24) is 4.31 Å². The van der Waals surface area contributed by atoms with E-state index in [0.29, 0.717) is 24.3 Å². The molecule has 0 aliphatic carbocycles. The molecule has 0 fully saturated rings. The summed E-state index contributed by atoms with van der Waals surface area (Å²) in [4.78, 5) is 11.4. The van der Waals surface area contributed by atoms with Crippen LogP contribution in [0.5, 0.6) is 0 Å². The Kier molecular flexibility index (Phi) is 6.48. The molecule has 0 atom stereocenters. The van der Waals surface area contributed by atoms with E-state index in [1.807, 2.05) is 13.0 Å². The van der Waals surface area contributed by atoms with Gasteiger partial charge in [-0.05, 0) is 73.0 Å². The lowest BCUT2D eigenvalue weighted by Crippen LogP contribution is -2.36. The van der Waals surface area contributed by atoms with Gasteiger partial charge in [0.05, 0.1) is 9.79 Å². The number of carbonyl (C=O) groups excluding carboxylic acids is 1. The lowest BCUT2D eigenvalue weighted by Gasteiger charge is -2.28. The van der Waals surface area contributed by atoms with Crippen LogP contribution in [0, 0.1) is 6.92 Å². The molecule has 2 N–H and O–H groups in total. The largest absolute Gasteiger partial charge is 0.326 e. The average molecular weight is 500 g/mol. The SMILES string of the molecule is CC(=O)Nc1ccc(S(=O)(=O)Nc2ccc3c(c2)CN(S(=O)(=O)c2ccc(C)cc2)CC3)cc1. The van der Waals surface area contributed by atoms with E-state index < -0.39 is 20.0 Å². The van der Waals surface area contributed by atoms with Crippen LogP contribution >= 0.6 is 0 Å². The van der Waals surface area contributed by atoms with Crippen molar-refractivity contribution in [2.45, 2.75) is 36.6 Å². The number of nitrogens with zero attached hydrogens (tertiary/aromatic N) is 1. The summed E-state index contributed by atoms with van der Waals surface area (Å²) >= 11 is 0. The number of nitrogens with one attached hydrogen (secondary N) is 2. The van der Waals surface area contributed by atoms with E-state index in [1.54, 1.807) is 36.4 Å². The number of fused-ring (bicyclic) bond motifs is 1. The van der Waals surface area contributed by atoms with E-state index in [2.05, 4.69) is 10.0 Å². The molecule has 0 saturated carbocycles. The molecule has 0 saturated heterocycles. The van der Waals surface area contributed by atoms with Gasteiger partial charge < -0.3 is 5.32 Å². The van der Waals surface area contributed by atoms with Crippen LogP contribution in [0.3, 0.4) is 0 Å². The highest BCUT2D eigenvalue weighted by atomic mass is 32.2. The predicted molar refractivity (Wildman–Crippen MR) is 130 cm³/mol. The van der Waals surface area contributed by atoms with Gasteiger partial charge in [-0.15, -0.1) is 0 Å². The maximum Gasteiger partial charge on any atom is 0.261 e. The molecule has 0 bridgehead atoms. The fourth-order valence-electron chi connectivity index (χ4n) is 3.79. The van der Waals surface area contributed by atoms with Gasteiger partial charge in [0.1, 0.15) is 0 Å². The Balaban J connectivity index is 1.54. The number of hydrogen-bond acceptors (Lipinski definition) is 5. The van der Waals surface area contributed by atoms with Gasteiger partial charge in [-0.1, -0.05) is 23.8 Å². The first-order valence-electron chi connectivity index (χ1n) is 10.6. The first kappa shape index (κ1) is 23.9. The summed E-state index contributed by atoms with van der Waals surface area (Å²) in [7, 11) is -7.53. The number of hydrogen-bond donors (Lipinski definition) is 2. The van der Waals surface area contributed by atoms with Crippen LogP contribution in [0.2, 0.25) is 0 Å². The highest BCUT2D eigenvalue weighted by molar-refractivity contribution is 7.92. The number of benzene rings is 3. The zero-order valence-electron chi connectivity index (χ0n) is 18.8. The lowest BCUT2D eigenvalue weighted by molar-refractivity contribution is -0.114. The summed E-state index contributed by atoms with van der Waals surface area (Å²) in [5.74, 6) is -0.249. The molecule has 8 nitrogen and oxygen atoms in total. The number of rotatable bonds is 6. The second-order valence-electron chi connectivity index (χ2n) is 8.20. The Hall–Kier alpha value is -3.21. The van der Waals surface area contributed by atoms with Gasteiger partial charge in [-0.2, -0.15) is 4.31 Å². The molecule has 0 radical (unpaired) electrons. The first-order valence-corrected chi connectivity index (χ1v) is 13.6. The van der Waals surface area contributed by atoms with Crippen molar-refractivity contribution >= 4 is 37.3 Å². The summed E-state index contributed by atoms with van der Waals surface area (Å²) < 4.78 is 55.8. The molecular formula is C24H25N3O5S2. The maximum absolute atomic E-state index is 13.1. The number of carbonyl (C=O) groups is 1. The van der Waals surface area contributed by atoms with Crippen LogP contribution in [0.1, 0.15) is 23.6 Å². The monoisotopic (exact) mass is 499 g/mol. The van der Waals surface area contributed by atoms with Gasteiger partial charge in [0.15, 0.2) is 0 Å². The van der Waals surface area contributed by atoms with Gasteiger partial charge >= 0.3 is 0 Å². The van der Waals surface area contributed by atoms with Crippen molar-refractivity contribution in [2.24, 2.45) is 0 Å². The van der Waals surface area contributed by atoms with Crippen LogP contribution in [-0.4, -0.2) is 33.6 Å². The Morgan fingerprint density at radius 1 is 0.824 bits per heavy atom. The van der Waals surface area contributed by atoms with Gasteiger partial charge in [-0.3, -0.25) is 9.52 Å². The Morgan fingerprint density at radius 3 is 2.09 bits per heavy atom. The molecule has 1 aliphatic rings. The summed E-state index contributed by atoms with van der Waals surface area (Å²) in [5, 5.41) is 2.59. The highest BCUT2D eigenvalue weighted by Gasteiger charge is 2.28. The lowest BCUT2D eigenvalue weighted by atomic mass is 10.0. The minimum atomic E-state index is -3.87. The van der Waals surface area contributed by atoms with Crippen LogP contribution in [-0.2, 0) is 37.8 Å². The molecule has 0 unspecified atom stereocenters. The molecule has 1 amide bonds. The first-order chi connectivity index (χ1) is 16.0. The van der Waals surface area contributed by atoms with Crippen LogP contribution in [0.25, 0.3) is 0 Å². The molecule has 0 spiro atoms. The Bertz CT molecular complexity index is 1430. The third-order valence-corrected chi connectivity index (χ3v) is 8.84. The third-order valence-electron chi connectivity index (χ3n) is 5.58. The second-order valence-corrected chi connectivity index (χ2v) is 11.8. The third kappa shape index (κ3) is 5.14. The average Bonchev–Trinajstić information content (AvgIpc) is 2.78. The van der Waals surface area contributed by atoms with E-state index in [4.69, 9.17) is 0 Å². The van der Waals surface area contributed by atoms with Gasteiger partial charge in [-0.25, -0.2) is 16.8 Å². The molecule has 3 aromatic rings. The Labute approximate surface area is 199 Å². The summed E-state index contributed by atoms with van der Waals surface area (Å²) in [6.45, 7) is 3.78. The van der Waals surface area contributed by atoms with Gasteiger partial charge in [0.25, 0.3) is 10.0 Å². The standard InChI is InChI=1S/C24H25N3O5S2/c1-17-3-9-24(10-4-17)34(31,32)27-14-13-19-5-6-22(15-20(19)16-27)26-33(29,30)23-11-7-21(8-12-23)25-18(2)28/h3-12,15,26H,13-14,16H2,1-2H3,(H,25,28). The molecule has 34 heavy (non-hydrogen) atoms. The van der Waals surface area contributed by atoms with Crippen molar-refractivity contribution < 1.29 is 21.6 Å². The van der Waals surface area contributed by atoms with E-state index in [-0.39, 0.29) is 22.2 Å². The number of amides is 1. The van der Waals surface area contributed by atoms with E-state index in [0.717, 1.165) is 16.7 Å². The van der Waals surface area contributed by atoms with Gasteiger partial charge in [0.2, 0.25) is 15.9 Å². The molecule has 10 heteroatoms. The van der Waals surface area contributed by atoms with Crippen LogP contribution in [0.15, 0.2) is 76.5 Å². The fraction of sp³-hybridized carbons (Fsp3) is 0.208. The number of aryl methyl sites for hydroxylation is 1. The minimum absolute atomic E-state index is 0.0444. The molecule has 4 rings (SSSR count). The molecule has 0 aromatic heterocycles. The number of anilines is 2. The topological polar surface area (TPSA) is 113 Å². The summed E-state index contributed by atoms with van der Waals surface area (Å²) in [6.07, 6.45) is 0.540. The molecule has 3 aromatic carbocycles. The quantitative estimate of drug-likeness (QED) is 0.539. The zero-order chi connectivity index (χ0) is 24.5. The normalized spacial score (nSPS) is 14.3. The predicted octanol–water partition coefficient (Wildman–Crippen LogP) is 3.50. The zero-order valence-corrected chi connectivity index (χ0v) is 20.4. The summed E-state index contributed by atoms with van der Waals surface area (Å²) in [6, 6.07) is 17.7. The highest BCUT2D eigenvalue weighted by Crippen LogP contribution is 2.28. The van der Waals surface area contributed by atoms with Crippen molar-refractivity contribution in [1.29, 1.82) is 0 Å². The molecule has 1 heterocycles. The second kappa shape index (κ2) is 9.21. The van der Waals surface area contributed by atoms with E-state index in [1.165, 1.54) is 35.5 Å². The maximum atomic E-state index is 13.1. The smallest absolute Gasteiger partial charge is 0.261 e. The van der Waals surface area contributed by atoms with Crippen molar-refractivity contribution in [3.05, 3.63) is 83.4 Å². The van der Waals surface area contributed by atoms with Gasteiger partial charge in [0, 0.05) is 31.4 Å². The van der Waals surface area contributed by atoms with Crippen LogP contribution < -0.4 is 10.0 Å². The molecule has 1 aliphatic heterocycles. The summed E-state index contributed by atoms with van der Waals surface area (Å²) in [5.41, 5.74) is 3.56. The molecule has 178 valence electrons. The van der Waals surface area contributed by atoms with E-state index >= 15 is 0 Å². The number of sulfonamides is 2. The minimum Gasteiger partial charge on any atom is -0.326 e. The van der Waals surface area contributed by atoms with E-state index in [9.17, 15) is 21.6 Å². The van der Waals surface area contributed by atoms with Crippen molar-refractivity contribution in [2.75, 3.05) is 16.6 Å². The molecular weight excluding hydrogens is 474 g/mol. The van der Waals surface area contributed by atoms with Crippen LogP contribution in [0.4, 0.5) is 11.4 Å².